The summed E-state index contributed by atoms with van der Waals surface area (Å²) >= 11 is 0. The summed E-state index contributed by atoms with van der Waals surface area (Å²) in [7, 11) is 2.13. The smallest absolute Gasteiger partial charge is 0.239 e. The second-order valence-electron chi connectivity index (χ2n) is 3.12. The molecule has 1 saturated heterocycles. The van der Waals surface area contributed by atoms with Crippen molar-refractivity contribution < 1.29 is 4.79 Å². The van der Waals surface area contributed by atoms with Gasteiger partial charge in [0.25, 0.3) is 0 Å². The first-order valence-electron chi connectivity index (χ1n) is 4.27. The van der Waals surface area contributed by atoms with Crippen molar-refractivity contribution in [3.05, 3.63) is 12.3 Å². The van der Waals surface area contributed by atoms with Gasteiger partial charge in [-0.3, -0.25) is 0 Å². The first-order valence-corrected chi connectivity index (χ1v) is 4.27. The molecule has 0 bridgehead atoms. The maximum Gasteiger partial charge on any atom is 0.239 e. The van der Waals surface area contributed by atoms with Gasteiger partial charge >= 0.3 is 0 Å². The van der Waals surface area contributed by atoms with Gasteiger partial charge in [-0.25, -0.2) is 4.79 Å². The van der Waals surface area contributed by atoms with E-state index in [1.165, 1.54) is 31.7 Å². The first kappa shape index (κ1) is 9.17. The molecule has 12 heavy (non-hydrogen) atoms. The Morgan fingerprint density at radius 2 is 2.58 bits per heavy atom. The van der Waals surface area contributed by atoms with Gasteiger partial charge in [-0.1, -0.05) is 6.08 Å². The fourth-order valence-electron chi connectivity index (χ4n) is 1.58. The summed E-state index contributed by atoms with van der Waals surface area (Å²) in [6.07, 6.45) is 8.46. The van der Waals surface area contributed by atoms with E-state index in [1.807, 2.05) is 6.08 Å². The molecule has 3 nitrogen and oxygen atoms in total. The van der Waals surface area contributed by atoms with Crippen LogP contribution in [0.15, 0.2) is 17.3 Å². The topological polar surface area (TPSA) is 32.7 Å². The zero-order chi connectivity index (χ0) is 8.81. The molecule has 1 aliphatic rings. The Labute approximate surface area is 72.8 Å². The molecule has 0 spiro atoms. The van der Waals surface area contributed by atoms with Gasteiger partial charge in [-0.2, -0.15) is 4.99 Å². The molecule has 0 aliphatic carbocycles. The number of aliphatic imine (C=N–C) groups is 1. The molecule has 0 aromatic carbocycles. The molecule has 0 aromatic heterocycles. The Kier molecular flexibility index (Phi) is 3.71. The molecular formula is C9H14N2O. The van der Waals surface area contributed by atoms with Gasteiger partial charge in [0.1, 0.15) is 0 Å². The molecule has 0 aromatic rings. The highest BCUT2D eigenvalue weighted by molar-refractivity contribution is 5.34. The lowest BCUT2D eigenvalue weighted by Crippen LogP contribution is -2.23. The van der Waals surface area contributed by atoms with E-state index >= 15 is 0 Å². The van der Waals surface area contributed by atoms with Crippen LogP contribution in [0.3, 0.4) is 0 Å². The standard InChI is InChI=1S/C9H14N2O/c1-11-7-3-5-9(11)4-2-6-10-8-12/h2,6,9H,3-5,7H2,1H3/b6-2-. The number of nitrogens with zero attached hydrogens (tertiary/aromatic N) is 2. The minimum absolute atomic E-state index is 0.642. The Morgan fingerprint density at radius 1 is 1.75 bits per heavy atom. The van der Waals surface area contributed by atoms with Crippen molar-refractivity contribution in [2.24, 2.45) is 4.99 Å². The Hall–Kier alpha value is -0.920. The fourth-order valence-corrected chi connectivity index (χ4v) is 1.58. The minimum atomic E-state index is 0.642. The van der Waals surface area contributed by atoms with Crippen molar-refractivity contribution in [3.63, 3.8) is 0 Å². The molecule has 3 heteroatoms. The zero-order valence-electron chi connectivity index (χ0n) is 7.36. The van der Waals surface area contributed by atoms with Crippen LogP contribution >= 0.6 is 0 Å². The number of hydrogen-bond donors (Lipinski definition) is 0. The van der Waals surface area contributed by atoms with Crippen LogP contribution < -0.4 is 0 Å². The Morgan fingerprint density at radius 3 is 3.17 bits per heavy atom. The van der Waals surface area contributed by atoms with Crippen LogP contribution in [0.2, 0.25) is 0 Å². The summed E-state index contributed by atoms with van der Waals surface area (Å²) < 4.78 is 0. The van der Waals surface area contributed by atoms with Crippen molar-refractivity contribution in [1.29, 1.82) is 0 Å². The zero-order valence-corrected chi connectivity index (χ0v) is 7.36. The van der Waals surface area contributed by atoms with E-state index in [9.17, 15) is 4.79 Å². The number of rotatable bonds is 3. The third-order valence-electron chi connectivity index (χ3n) is 2.31. The van der Waals surface area contributed by atoms with Crippen LogP contribution in [0.4, 0.5) is 0 Å². The van der Waals surface area contributed by atoms with Crippen molar-refractivity contribution in [2.75, 3.05) is 13.6 Å². The SMILES string of the molecule is CN1CCCC1C/C=C\N=C=O. The average molecular weight is 166 g/mol. The van der Waals surface area contributed by atoms with Crippen LogP contribution in [-0.2, 0) is 4.79 Å². The maximum absolute atomic E-state index is 9.71. The molecule has 1 unspecified atom stereocenters. The van der Waals surface area contributed by atoms with E-state index in [4.69, 9.17) is 0 Å². The lowest BCUT2D eigenvalue weighted by atomic mass is 10.1. The molecule has 1 atom stereocenters. The van der Waals surface area contributed by atoms with E-state index in [0.717, 1.165) is 6.42 Å². The minimum Gasteiger partial charge on any atom is -0.303 e. The summed E-state index contributed by atoms with van der Waals surface area (Å²) in [5.74, 6) is 0. The molecule has 1 rings (SSSR count). The Bertz CT molecular complexity index is 207. The number of isocyanates is 1. The molecule has 0 radical (unpaired) electrons. The van der Waals surface area contributed by atoms with Gasteiger partial charge in [0, 0.05) is 12.2 Å². The monoisotopic (exact) mass is 166 g/mol. The van der Waals surface area contributed by atoms with Gasteiger partial charge in [0.2, 0.25) is 6.08 Å². The molecule has 1 fully saturated rings. The molecular weight excluding hydrogens is 152 g/mol. The predicted octanol–water partition coefficient (Wildman–Crippen LogP) is 1.32. The van der Waals surface area contributed by atoms with Gasteiger partial charge < -0.3 is 4.90 Å². The highest BCUT2D eigenvalue weighted by Crippen LogP contribution is 2.17. The third kappa shape index (κ3) is 2.61. The normalized spacial score (nSPS) is 24.6. The molecule has 0 saturated carbocycles. The van der Waals surface area contributed by atoms with E-state index < -0.39 is 0 Å². The molecule has 66 valence electrons. The van der Waals surface area contributed by atoms with Crippen molar-refractivity contribution in [3.8, 4) is 0 Å². The highest BCUT2D eigenvalue weighted by atomic mass is 16.1. The van der Waals surface area contributed by atoms with Crippen LogP contribution in [0.25, 0.3) is 0 Å². The van der Waals surface area contributed by atoms with E-state index in [0.29, 0.717) is 6.04 Å². The lowest BCUT2D eigenvalue weighted by molar-refractivity contribution is 0.312. The largest absolute Gasteiger partial charge is 0.303 e. The second kappa shape index (κ2) is 4.86. The van der Waals surface area contributed by atoms with Crippen molar-refractivity contribution >= 4 is 6.08 Å². The predicted molar refractivity (Wildman–Crippen MR) is 47.5 cm³/mol. The summed E-state index contributed by atoms with van der Waals surface area (Å²) in [6.45, 7) is 1.19. The van der Waals surface area contributed by atoms with Gasteiger partial charge in [0.05, 0.1) is 0 Å². The first-order chi connectivity index (χ1) is 5.84. The number of carbonyl (C=O) groups excluding carboxylic acids is 1. The summed E-state index contributed by atoms with van der Waals surface area (Å²) in [4.78, 5) is 15.4. The van der Waals surface area contributed by atoms with Crippen molar-refractivity contribution in [2.45, 2.75) is 25.3 Å². The van der Waals surface area contributed by atoms with E-state index in [1.54, 1.807) is 0 Å². The maximum atomic E-state index is 9.71. The van der Waals surface area contributed by atoms with Crippen LogP contribution in [-0.4, -0.2) is 30.6 Å². The number of likely N-dealkylation sites (tertiary alicyclic amines) is 1. The van der Waals surface area contributed by atoms with Gasteiger partial charge in [-0.05, 0) is 32.9 Å². The van der Waals surface area contributed by atoms with E-state index in [2.05, 4.69) is 16.9 Å². The van der Waals surface area contributed by atoms with Crippen LogP contribution in [0.1, 0.15) is 19.3 Å². The van der Waals surface area contributed by atoms with Crippen molar-refractivity contribution in [1.82, 2.24) is 4.90 Å². The number of hydrogen-bond acceptors (Lipinski definition) is 3. The summed E-state index contributed by atoms with van der Waals surface area (Å²) in [5.41, 5.74) is 0. The van der Waals surface area contributed by atoms with E-state index in [-0.39, 0.29) is 0 Å². The van der Waals surface area contributed by atoms with Gasteiger partial charge in [0.15, 0.2) is 0 Å². The summed E-state index contributed by atoms with van der Waals surface area (Å²) in [6, 6.07) is 0.642. The van der Waals surface area contributed by atoms with Crippen LogP contribution in [0, 0.1) is 0 Å². The van der Waals surface area contributed by atoms with Crippen LogP contribution in [0.5, 0.6) is 0 Å². The lowest BCUT2D eigenvalue weighted by Gasteiger charge is -2.16. The fraction of sp³-hybridized carbons (Fsp3) is 0.667. The Balaban J connectivity index is 2.26. The molecule has 1 aliphatic heterocycles. The molecule has 1 heterocycles. The average Bonchev–Trinajstić information content (AvgIpc) is 2.46. The third-order valence-corrected chi connectivity index (χ3v) is 2.31. The second-order valence-corrected chi connectivity index (χ2v) is 3.12. The highest BCUT2D eigenvalue weighted by Gasteiger charge is 2.18. The molecule has 0 amide bonds. The van der Waals surface area contributed by atoms with Gasteiger partial charge in [-0.15, -0.1) is 0 Å². The quantitative estimate of drug-likeness (QED) is 0.468. The molecule has 0 N–H and O–H groups in total. The summed E-state index contributed by atoms with van der Waals surface area (Å²) in [5, 5.41) is 0.